The first kappa shape index (κ1) is 41.8. The maximum atomic E-state index is 12.6. The maximum Gasteiger partial charge on any atom is 0.323 e. The van der Waals surface area contributed by atoms with E-state index in [1.165, 1.54) is 14.7 Å². The molecule has 1 aromatic carbocycles. The summed E-state index contributed by atoms with van der Waals surface area (Å²) in [6.07, 6.45) is 4.26. The van der Waals surface area contributed by atoms with E-state index in [-0.39, 0.29) is 58.8 Å². The van der Waals surface area contributed by atoms with Gasteiger partial charge in [0.15, 0.2) is 0 Å². The zero-order chi connectivity index (χ0) is 36.3. The summed E-state index contributed by atoms with van der Waals surface area (Å²) in [5, 5.41) is 69.3. The Morgan fingerprint density at radius 2 is 0.959 bits per heavy atom. The van der Waals surface area contributed by atoms with Gasteiger partial charge in [0.25, 0.3) is 0 Å². The number of unbranched alkanes of at least 4 members (excludes halogenated alkanes) is 2. The molecule has 7 N–H and O–H groups in total. The van der Waals surface area contributed by atoms with E-state index >= 15 is 0 Å². The van der Waals surface area contributed by atoms with Crippen molar-refractivity contribution in [2.45, 2.75) is 69.6 Å². The van der Waals surface area contributed by atoms with Gasteiger partial charge in [-0.1, -0.05) is 31.9 Å². The van der Waals surface area contributed by atoms with E-state index < -0.39 is 67.9 Å². The second kappa shape index (κ2) is 22.4. The summed E-state index contributed by atoms with van der Waals surface area (Å²) in [5.74, 6) is -4.24. The Morgan fingerprint density at radius 1 is 0.592 bits per heavy atom. The number of carboxylic acids is 4. The van der Waals surface area contributed by atoms with Crippen LogP contribution in [0, 0.1) is 0 Å². The lowest BCUT2D eigenvalue weighted by molar-refractivity contribution is -0.149. The van der Waals surface area contributed by atoms with Crippen molar-refractivity contribution in [2.24, 2.45) is 0 Å². The van der Waals surface area contributed by atoms with Crippen LogP contribution >= 0.6 is 0 Å². The van der Waals surface area contributed by atoms with Gasteiger partial charge >= 0.3 is 23.9 Å². The number of carboxylic acid groups (broad SMARTS) is 4. The van der Waals surface area contributed by atoms with Crippen LogP contribution in [-0.4, -0.2) is 182 Å². The molecule has 278 valence electrons. The number of aliphatic hydroxyl groups is 3. The summed E-state index contributed by atoms with van der Waals surface area (Å²) < 4.78 is 5.71. The Bertz CT molecular complexity index is 1120. The first-order chi connectivity index (χ1) is 23.5. The molecule has 0 aromatic heterocycles. The van der Waals surface area contributed by atoms with Crippen molar-refractivity contribution in [1.82, 2.24) is 19.6 Å². The third-order valence-corrected chi connectivity index (χ3v) is 9.00. The Kier molecular flexibility index (Phi) is 19.1. The first-order valence-electron chi connectivity index (χ1n) is 16.9. The number of benzene rings is 1. The fourth-order valence-corrected chi connectivity index (χ4v) is 5.99. The molecular weight excluding hydrogens is 644 g/mol. The molecule has 16 heteroatoms. The molecule has 0 spiro atoms. The number of aliphatic hydroxyl groups excluding tert-OH is 3. The van der Waals surface area contributed by atoms with Crippen LogP contribution in [0.25, 0.3) is 0 Å². The van der Waals surface area contributed by atoms with Crippen LogP contribution in [0.5, 0.6) is 5.75 Å². The quantitative estimate of drug-likeness (QED) is 0.0858. The van der Waals surface area contributed by atoms with Crippen molar-refractivity contribution in [2.75, 3.05) is 78.8 Å². The molecule has 1 heterocycles. The van der Waals surface area contributed by atoms with Gasteiger partial charge in [0.05, 0.1) is 26.4 Å². The smallest absolute Gasteiger partial charge is 0.323 e. The van der Waals surface area contributed by atoms with Crippen LogP contribution in [0.4, 0.5) is 0 Å². The molecule has 1 saturated heterocycles. The lowest BCUT2D eigenvalue weighted by atomic mass is 10.0. The van der Waals surface area contributed by atoms with Crippen LogP contribution < -0.4 is 4.74 Å². The van der Waals surface area contributed by atoms with Crippen molar-refractivity contribution in [1.29, 1.82) is 0 Å². The van der Waals surface area contributed by atoms with Crippen LogP contribution in [0.15, 0.2) is 24.3 Å². The van der Waals surface area contributed by atoms with Crippen molar-refractivity contribution >= 4 is 23.9 Å². The number of aryl methyl sites for hydroxylation is 1. The largest absolute Gasteiger partial charge is 0.494 e. The van der Waals surface area contributed by atoms with Crippen molar-refractivity contribution < 1.29 is 59.7 Å². The first-order valence-corrected chi connectivity index (χ1v) is 16.9. The average Bonchev–Trinajstić information content (AvgIpc) is 3.05. The predicted molar refractivity (Wildman–Crippen MR) is 178 cm³/mol. The Balaban J connectivity index is 2.28. The van der Waals surface area contributed by atoms with E-state index in [9.17, 15) is 54.9 Å². The number of nitrogens with zero attached hydrogens (tertiary/aromatic N) is 4. The van der Waals surface area contributed by atoms with E-state index in [0.29, 0.717) is 19.4 Å². The van der Waals surface area contributed by atoms with Gasteiger partial charge in [-0.05, 0) is 43.4 Å². The van der Waals surface area contributed by atoms with Gasteiger partial charge in [-0.2, -0.15) is 0 Å². The highest BCUT2D eigenvalue weighted by Gasteiger charge is 2.34. The molecule has 0 aliphatic carbocycles. The molecule has 2 rings (SSSR count). The fraction of sp³-hybridized carbons (Fsp3) is 0.697. The van der Waals surface area contributed by atoms with E-state index in [1.807, 2.05) is 24.3 Å². The Hall–Kier alpha value is -3.38. The van der Waals surface area contributed by atoms with E-state index in [4.69, 9.17) is 4.74 Å². The number of rotatable bonds is 20. The summed E-state index contributed by atoms with van der Waals surface area (Å²) in [6, 6.07) is 2.74. The molecule has 4 atom stereocenters. The molecule has 16 nitrogen and oxygen atoms in total. The zero-order valence-electron chi connectivity index (χ0n) is 28.3. The third kappa shape index (κ3) is 13.8. The van der Waals surface area contributed by atoms with Gasteiger partial charge in [-0.15, -0.1) is 0 Å². The second-order valence-electron chi connectivity index (χ2n) is 12.2. The Labute approximate surface area is 287 Å². The monoisotopic (exact) mass is 698 g/mol. The van der Waals surface area contributed by atoms with Gasteiger partial charge in [0, 0.05) is 52.4 Å². The van der Waals surface area contributed by atoms with Gasteiger partial charge in [0.1, 0.15) is 29.9 Å². The molecule has 49 heavy (non-hydrogen) atoms. The molecule has 1 aliphatic heterocycles. The van der Waals surface area contributed by atoms with Gasteiger partial charge in [-0.3, -0.25) is 38.8 Å². The standard InChI is InChI=1S/C33H54N4O12/c1-2-3-20-49-25-10-8-24(9-11-25)6-4-5-7-26(30(41)42)34-12-14-35(27(21-38)31(43)44)16-18-37(29(23-40)33(47)48)19-17-36(15-13-34)28(22-39)32(45)46/h8-11,26-29,38-40H,2-7,12-23H2,1H3,(H,41,42)(H,43,44)(H,45,46)(H,47,48)/t26-,27-,28+,29+/m0/s1. The minimum atomic E-state index is -1.37. The highest BCUT2D eigenvalue weighted by Crippen LogP contribution is 2.18. The van der Waals surface area contributed by atoms with Gasteiger partial charge in [-0.25, -0.2) is 0 Å². The summed E-state index contributed by atoms with van der Waals surface area (Å²) in [5.41, 5.74) is 1.08. The van der Waals surface area contributed by atoms with E-state index in [2.05, 4.69) is 6.92 Å². The SMILES string of the molecule is CCCCOc1ccc(CCCC[C@@H](C(=O)O)N2CCN([C@H](CO)C(=O)O)CCN([C@H](CO)C(=O)O)CCN([C@@H](CO)C(=O)O)CC2)cc1. The maximum absolute atomic E-state index is 12.6. The Morgan fingerprint density at radius 3 is 1.29 bits per heavy atom. The van der Waals surface area contributed by atoms with Gasteiger partial charge in [0.2, 0.25) is 0 Å². The normalized spacial score (nSPS) is 18.8. The number of hydrogen-bond acceptors (Lipinski definition) is 12. The molecule has 0 amide bonds. The zero-order valence-corrected chi connectivity index (χ0v) is 28.3. The van der Waals surface area contributed by atoms with E-state index in [0.717, 1.165) is 30.6 Å². The van der Waals surface area contributed by atoms with Crippen molar-refractivity contribution in [3.05, 3.63) is 29.8 Å². The molecule has 0 radical (unpaired) electrons. The molecule has 0 unspecified atom stereocenters. The highest BCUT2D eigenvalue weighted by atomic mass is 16.5. The third-order valence-electron chi connectivity index (χ3n) is 9.00. The summed E-state index contributed by atoms with van der Waals surface area (Å²) in [7, 11) is 0. The van der Waals surface area contributed by atoms with Crippen LogP contribution in [0.1, 0.15) is 44.6 Å². The lowest BCUT2D eigenvalue weighted by Crippen LogP contribution is -2.57. The number of ether oxygens (including phenoxy) is 1. The summed E-state index contributed by atoms with van der Waals surface area (Å²) in [4.78, 5) is 54.6. The molecule has 1 aromatic rings. The van der Waals surface area contributed by atoms with Gasteiger partial charge < -0.3 is 40.5 Å². The lowest BCUT2D eigenvalue weighted by Gasteiger charge is -2.39. The topological polar surface area (TPSA) is 232 Å². The van der Waals surface area contributed by atoms with Crippen LogP contribution in [0.3, 0.4) is 0 Å². The van der Waals surface area contributed by atoms with Crippen molar-refractivity contribution in [3.8, 4) is 5.75 Å². The van der Waals surface area contributed by atoms with E-state index in [1.54, 1.807) is 4.90 Å². The van der Waals surface area contributed by atoms with Crippen molar-refractivity contribution in [3.63, 3.8) is 0 Å². The number of hydrogen-bond donors (Lipinski definition) is 7. The molecule has 0 saturated carbocycles. The number of carbonyl (C=O) groups is 4. The number of aliphatic carboxylic acids is 4. The fourth-order valence-electron chi connectivity index (χ4n) is 5.99. The second-order valence-corrected chi connectivity index (χ2v) is 12.2. The van der Waals surface area contributed by atoms with Crippen LogP contribution in [-0.2, 0) is 25.6 Å². The molecular formula is C33H54N4O12. The predicted octanol–water partition coefficient (Wildman–Crippen LogP) is -0.410. The molecule has 1 fully saturated rings. The summed E-state index contributed by atoms with van der Waals surface area (Å²) in [6.45, 7) is 0.410. The van der Waals surface area contributed by atoms with Crippen LogP contribution in [0.2, 0.25) is 0 Å². The molecule has 1 aliphatic rings. The highest BCUT2D eigenvalue weighted by molar-refractivity contribution is 5.75. The minimum absolute atomic E-state index is 0.00104. The minimum Gasteiger partial charge on any atom is -0.494 e. The summed E-state index contributed by atoms with van der Waals surface area (Å²) >= 11 is 0. The molecule has 0 bridgehead atoms. The average molecular weight is 699 g/mol.